The van der Waals surface area contributed by atoms with E-state index < -0.39 is 4.92 Å². The van der Waals surface area contributed by atoms with E-state index in [1.54, 1.807) is 14.0 Å². The normalized spacial score (nSPS) is 11.7. The minimum absolute atomic E-state index is 0.0503. The van der Waals surface area contributed by atoms with Crippen LogP contribution in [0.2, 0.25) is 0 Å². The highest BCUT2D eigenvalue weighted by molar-refractivity contribution is 5.43. The Bertz CT molecular complexity index is 604. The lowest BCUT2D eigenvalue weighted by Gasteiger charge is -2.14. The van der Waals surface area contributed by atoms with E-state index in [1.165, 1.54) is 0 Å². The van der Waals surface area contributed by atoms with E-state index in [0.29, 0.717) is 0 Å². The fraction of sp³-hybridized carbons (Fsp3) is 0.231. The van der Waals surface area contributed by atoms with Crippen LogP contribution in [0.3, 0.4) is 0 Å². The van der Waals surface area contributed by atoms with Crippen molar-refractivity contribution in [2.24, 2.45) is 0 Å². The molecule has 1 aromatic carbocycles. The lowest BCUT2D eigenvalue weighted by atomic mass is 10.1. The molecule has 0 fully saturated rings. The van der Waals surface area contributed by atoms with Crippen molar-refractivity contribution in [3.05, 3.63) is 52.2 Å². The van der Waals surface area contributed by atoms with Crippen LogP contribution in [0.1, 0.15) is 18.6 Å². The molecule has 0 aliphatic rings. The van der Waals surface area contributed by atoms with Gasteiger partial charge in [-0.3, -0.25) is 10.1 Å². The fourth-order valence-corrected chi connectivity index (χ4v) is 1.65. The summed E-state index contributed by atoms with van der Waals surface area (Å²) in [6, 6.07) is 9.42. The Kier molecular flexibility index (Phi) is 4.09. The number of nitro groups is 1. The Labute approximate surface area is 115 Å². The van der Waals surface area contributed by atoms with Gasteiger partial charge in [-0.1, -0.05) is 30.3 Å². The largest absolute Gasteiger partial charge is 0.465 e. The second-order valence-corrected chi connectivity index (χ2v) is 4.06. The van der Waals surface area contributed by atoms with Gasteiger partial charge in [0.25, 0.3) is 5.88 Å². The van der Waals surface area contributed by atoms with Crippen LogP contribution in [0.5, 0.6) is 5.88 Å². The molecule has 0 saturated carbocycles. The van der Waals surface area contributed by atoms with E-state index in [9.17, 15) is 10.1 Å². The summed E-state index contributed by atoms with van der Waals surface area (Å²) in [4.78, 5) is 18.2. The predicted molar refractivity (Wildman–Crippen MR) is 73.7 cm³/mol. The van der Waals surface area contributed by atoms with Crippen molar-refractivity contribution in [1.82, 2.24) is 9.97 Å². The van der Waals surface area contributed by atoms with Crippen LogP contribution in [0.4, 0.5) is 11.6 Å². The third-order valence-corrected chi connectivity index (χ3v) is 2.71. The lowest BCUT2D eigenvalue weighted by Crippen LogP contribution is -2.08. The molecule has 0 aliphatic heterocycles. The van der Waals surface area contributed by atoms with Crippen LogP contribution in [-0.4, -0.2) is 21.9 Å². The molecule has 104 valence electrons. The van der Waals surface area contributed by atoms with Crippen molar-refractivity contribution in [1.29, 1.82) is 0 Å². The van der Waals surface area contributed by atoms with Gasteiger partial charge in [0, 0.05) is 7.05 Å². The number of hydrogen-bond acceptors (Lipinski definition) is 6. The summed E-state index contributed by atoms with van der Waals surface area (Å²) in [5.74, 6) is 0.219. The fourth-order valence-electron chi connectivity index (χ4n) is 1.65. The Balaban J connectivity index is 2.29. The smallest absolute Gasteiger partial charge is 0.349 e. The van der Waals surface area contributed by atoms with Gasteiger partial charge in [0.15, 0.2) is 0 Å². The van der Waals surface area contributed by atoms with Gasteiger partial charge in [-0.25, -0.2) is 4.98 Å². The molecule has 2 aromatic rings. The molecule has 0 aliphatic carbocycles. The molecule has 7 nitrogen and oxygen atoms in total. The number of anilines is 1. The van der Waals surface area contributed by atoms with E-state index in [4.69, 9.17) is 4.74 Å². The highest BCUT2D eigenvalue weighted by Gasteiger charge is 2.21. The number of nitrogens with one attached hydrogen (secondary N) is 1. The third-order valence-electron chi connectivity index (χ3n) is 2.71. The molecular weight excluding hydrogens is 260 g/mol. The maximum Gasteiger partial charge on any atom is 0.349 e. The summed E-state index contributed by atoms with van der Waals surface area (Å²) in [6.45, 7) is 1.81. The standard InChI is InChI=1S/C13H14N4O3/c1-9(10-6-4-3-5-7-10)20-12-11(17(18)19)8-15-13(14-2)16-12/h3-9H,1-2H3,(H,14,15,16). The van der Waals surface area contributed by atoms with Crippen molar-refractivity contribution >= 4 is 11.6 Å². The minimum Gasteiger partial charge on any atom is -0.465 e. The molecule has 2 rings (SSSR count). The van der Waals surface area contributed by atoms with Crippen LogP contribution in [0.25, 0.3) is 0 Å². The molecule has 0 saturated heterocycles. The first-order valence-electron chi connectivity index (χ1n) is 6.02. The quantitative estimate of drug-likeness (QED) is 0.665. The minimum atomic E-state index is -0.563. The van der Waals surface area contributed by atoms with Gasteiger partial charge in [-0.15, -0.1) is 0 Å². The van der Waals surface area contributed by atoms with Crippen molar-refractivity contribution in [3.63, 3.8) is 0 Å². The first-order chi connectivity index (χ1) is 9.61. The number of nitrogens with zero attached hydrogens (tertiary/aromatic N) is 3. The zero-order valence-electron chi connectivity index (χ0n) is 11.1. The maximum atomic E-state index is 11.0. The second kappa shape index (κ2) is 5.96. The first-order valence-corrected chi connectivity index (χ1v) is 6.02. The van der Waals surface area contributed by atoms with E-state index in [0.717, 1.165) is 11.8 Å². The van der Waals surface area contributed by atoms with Gasteiger partial charge in [0.1, 0.15) is 12.3 Å². The molecule has 1 heterocycles. The Morgan fingerprint density at radius 2 is 2.05 bits per heavy atom. The van der Waals surface area contributed by atoms with Crippen molar-refractivity contribution in [3.8, 4) is 5.88 Å². The lowest BCUT2D eigenvalue weighted by molar-refractivity contribution is -0.386. The average Bonchev–Trinajstić information content (AvgIpc) is 2.47. The van der Waals surface area contributed by atoms with E-state index in [-0.39, 0.29) is 23.6 Å². The summed E-state index contributed by atoms with van der Waals surface area (Å²) in [6.07, 6.45) is 0.779. The Hall–Kier alpha value is -2.70. The van der Waals surface area contributed by atoms with E-state index in [1.807, 2.05) is 30.3 Å². The van der Waals surface area contributed by atoms with Gasteiger partial charge < -0.3 is 10.1 Å². The average molecular weight is 274 g/mol. The number of benzene rings is 1. The third kappa shape index (κ3) is 3.00. The molecule has 1 N–H and O–H groups in total. The summed E-state index contributed by atoms with van der Waals surface area (Å²) < 4.78 is 5.60. The van der Waals surface area contributed by atoms with Crippen LogP contribution in [0, 0.1) is 10.1 Å². The van der Waals surface area contributed by atoms with E-state index >= 15 is 0 Å². The molecule has 0 amide bonds. The van der Waals surface area contributed by atoms with Crippen LogP contribution < -0.4 is 10.1 Å². The number of ether oxygens (including phenoxy) is 1. The molecular formula is C13H14N4O3. The highest BCUT2D eigenvalue weighted by atomic mass is 16.6. The van der Waals surface area contributed by atoms with Gasteiger partial charge in [-0.05, 0) is 12.5 Å². The van der Waals surface area contributed by atoms with Crippen LogP contribution in [0.15, 0.2) is 36.5 Å². The highest BCUT2D eigenvalue weighted by Crippen LogP contribution is 2.28. The molecule has 0 spiro atoms. The van der Waals surface area contributed by atoms with Gasteiger partial charge in [0.2, 0.25) is 5.95 Å². The van der Waals surface area contributed by atoms with E-state index in [2.05, 4.69) is 15.3 Å². The summed E-state index contributed by atoms with van der Waals surface area (Å²) in [7, 11) is 1.63. The second-order valence-electron chi connectivity index (χ2n) is 4.06. The molecule has 1 unspecified atom stereocenters. The first kappa shape index (κ1) is 13.7. The topological polar surface area (TPSA) is 90.2 Å². The van der Waals surface area contributed by atoms with Crippen molar-refractivity contribution in [2.45, 2.75) is 13.0 Å². The molecule has 0 bridgehead atoms. The molecule has 0 radical (unpaired) electrons. The Morgan fingerprint density at radius 1 is 1.35 bits per heavy atom. The zero-order valence-corrected chi connectivity index (χ0v) is 11.1. The summed E-state index contributed by atoms with van der Waals surface area (Å²) in [5.41, 5.74) is 0.651. The van der Waals surface area contributed by atoms with Gasteiger partial charge in [0.05, 0.1) is 4.92 Å². The molecule has 1 atom stereocenters. The van der Waals surface area contributed by atoms with Crippen molar-refractivity contribution in [2.75, 3.05) is 12.4 Å². The molecule has 1 aromatic heterocycles. The maximum absolute atomic E-state index is 11.0. The van der Waals surface area contributed by atoms with Crippen LogP contribution >= 0.6 is 0 Å². The summed E-state index contributed by atoms with van der Waals surface area (Å²) in [5, 5.41) is 13.7. The van der Waals surface area contributed by atoms with Gasteiger partial charge in [-0.2, -0.15) is 4.98 Å². The zero-order chi connectivity index (χ0) is 14.5. The van der Waals surface area contributed by atoms with Gasteiger partial charge >= 0.3 is 5.69 Å². The van der Waals surface area contributed by atoms with Crippen molar-refractivity contribution < 1.29 is 9.66 Å². The number of hydrogen-bond donors (Lipinski definition) is 1. The summed E-state index contributed by atoms with van der Waals surface area (Å²) >= 11 is 0. The number of rotatable bonds is 5. The number of aromatic nitrogens is 2. The molecule has 20 heavy (non-hydrogen) atoms. The predicted octanol–water partition coefficient (Wildman–Crippen LogP) is 2.57. The molecule has 7 heteroatoms. The van der Waals surface area contributed by atoms with Crippen LogP contribution in [-0.2, 0) is 0 Å². The Morgan fingerprint density at radius 3 is 2.65 bits per heavy atom. The monoisotopic (exact) mass is 274 g/mol. The SMILES string of the molecule is CNc1ncc([N+](=O)[O-])c(OC(C)c2ccccc2)n1.